The molecule has 1 N–H and O–H groups in total. The third-order valence-corrected chi connectivity index (χ3v) is 4.36. The molecule has 1 aromatic rings. The number of allylic oxidation sites excluding steroid dienone is 2. The van der Waals surface area contributed by atoms with E-state index in [1.54, 1.807) is 0 Å². The van der Waals surface area contributed by atoms with Crippen LogP contribution in [0.5, 0.6) is 0 Å². The Bertz CT molecular complexity index is 565. The average molecular weight is 271 g/mol. The van der Waals surface area contributed by atoms with Crippen molar-refractivity contribution in [2.45, 2.75) is 41.5 Å². The molecular formula is C18H25NO. The molecule has 0 aromatic heterocycles. The van der Waals surface area contributed by atoms with Crippen molar-refractivity contribution < 1.29 is 4.79 Å². The molecule has 2 nitrogen and oxygen atoms in total. The van der Waals surface area contributed by atoms with E-state index in [1.807, 2.05) is 19.9 Å². The molecule has 108 valence electrons. The van der Waals surface area contributed by atoms with E-state index in [-0.39, 0.29) is 17.2 Å². The van der Waals surface area contributed by atoms with Gasteiger partial charge in [0.25, 0.3) is 0 Å². The second kappa shape index (κ2) is 5.08. The summed E-state index contributed by atoms with van der Waals surface area (Å²) in [5.74, 6) is 0.584. The number of carbonyl (C=O) groups excluding carboxylic acids is 1. The number of hydrogen-bond acceptors (Lipinski definition) is 1. The van der Waals surface area contributed by atoms with Gasteiger partial charge in [0.15, 0.2) is 0 Å². The van der Waals surface area contributed by atoms with Gasteiger partial charge in [0, 0.05) is 5.69 Å². The molecule has 2 heteroatoms. The molecule has 1 amide bonds. The lowest BCUT2D eigenvalue weighted by Gasteiger charge is -2.10. The highest BCUT2D eigenvalue weighted by molar-refractivity contribution is 5.96. The van der Waals surface area contributed by atoms with Crippen molar-refractivity contribution in [3.05, 3.63) is 41.0 Å². The van der Waals surface area contributed by atoms with Gasteiger partial charge in [-0.1, -0.05) is 37.6 Å². The molecule has 0 saturated heterocycles. The smallest absolute Gasteiger partial charge is 0.228 e. The van der Waals surface area contributed by atoms with Crippen molar-refractivity contribution in [3.8, 4) is 0 Å². The lowest BCUT2D eigenvalue weighted by molar-refractivity contribution is -0.118. The standard InChI is InChI=1S/C18H25NO/c1-11(2)9-14-16(18(14,5)6)17(20)19-15-10-12(3)7-8-13(15)4/h7-10,14,16H,1-6H3,(H,19,20). The van der Waals surface area contributed by atoms with Crippen LogP contribution in [0.3, 0.4) is 0 Å². The summed E-state index contributed by atoms with van der Waals surface area (Å²) >= 11 is 0. The highest BCUT2D eigenvalue weighted by Crippen LogP contribution is 2.59. The maximum Gasteiger partial charge on any atom is 0.228 e. The maximum absolute atomic E-state index is 12.5. The Balaban J connectivity index is 2.14. The van der Waals surface area contributed by atoms with Gasteiger partial charge in [0.05, 0.1) is 5.92 Å². The Labute approximate surface area is 122 Å². The zero-order chi connectivity index (χ0) is 15.1. The van der Waals surface area contributed by atoms with Gasteiger partial charge >= 0.3 is 0 Å². The summed E-state index contributed by atoms with van der Waals surface area (Å²) in [7, 11) is 0. The molecule has 2 unspecified atom stereocenters. The van der Waals surface area contributed by atoms with Gasteiger partial charge < -0.3 is 5.32 Å². The second-order valence-corrected chi connectivity index (χ2v) is 6.88. The van der Waals surface area contributed by atoms with E-state index in [0.717, 1.165) is 11.3 Å². The van der Waals surface area contributed by atoms with Crippen LogP contribution < -0.4 is 5.32 Å². The number of nitrogens with one attached hydrogen (secondary N) is 1. The molecule has 1 aromatic carbocycles. The molecule has 0 spiro atoms. The molecule has 1 saturated carbocycles. The number of anilines is 1. The molecule has 0 bridgehead atoms. The van der Waals surface area contributed by atoms with Crippen LogP contribution in [0.2, 0.25) is 0 Å². The van der Waals surface area contributed by atoms with Gasteiger partial charge in [-0.05, 0) is 56.2 Å². The van der Waals surface area contributed by atoms with Gasteiger partial charge in [-0.25, -0.2) is 0 Å². The number of rotatable bonds is 3. The Morgan fingerprint density at radius 1 is 1.25 bits per heavy atom. The predicted molar refractivity (Wildman–Crippen MR) is 84.7 cm³/mol. The maximum atomic E-state index is 12.5. The summed E-state index contributed by atoms with van der Waals surface area (Å²) in [6.07, 6.45) is 2.23. The number of aryl methyl sites for hydroxylation is 2. The predicted octanol–water partition coefficient (Wildman–Crippen LogP) is 4.48. The van der Waals surface area contributed by atoms with Crippen LogP contribution >= 0.6 is 0 Å². The summed E-state index contributed by atoms with van der Waals surface area (Å²) in [6, 6.07) is 6.16. The van der Waals surface area contributed by atoms with Crippen molar-refractivity contribution in [1.29, 1.82) is 0 Å². The lowest BCUT2D eigenvalue weighted by Crippen LogP contribution is -2.17. The molecule has 0 heterocycles. The van der Waals surface area contributed by atoms with Gasteiger partial charge in [-0.3, -0.25) is 4.79 Å². The summed E-state index contributed by atoms with van der Waals surface area (Å²) in [5, 5.41) is 3.10. The number of carbonyl (C=O) groups is 1. The first-order chi connectivity index (χ1) is 9.23. The normalized spacial score (nSPS) is 23.1. The zero-order valence-corrected chi connectivity index (χ0v) is 13.4. The summed E-state index contributed by atoms with van der Waals surface area (Å²) in [6.45, 7) is 12.6. The largest absolute Gasteiger partial charge is 0.326 e. The van der Waals surface area contributed by atoms with Gasteiger partial charge in [0.2, 0.25) is 5.91 Å². The Hall–Kier alpha value is -1.57. The first-order valence-electron chi connectivity index (χ1n) is 7.26. The summed E-state index contributed by atoms with van der Waals surface area (Å²) in [4.78, 5) is 12.5. The van der Waals surface area contributed by atoms with Crippen molar-refractivity contribution in [2.24, 2.45) is 17.3 Å². The molecule has 2 rings (SSSR count). The van der Waals surface area contributed by atoms with Crippen LogP contribution in [-0.2, 0) is 4.79 Å². The van der Waals surface area contributed by atoms with Crippen molar-refractivity contribution >= 4 is 11.6 Å². The van der Waals surface area contributed by atoms with Crippen LogP contribution in [0.15, 0.2) is 29.8 Å². The minimum Gasteiger partial charge on any atom is -0.326 e. The van der Waals surface area contributed by atoms with E-state index in [0.29, 0.717) is 5.92 Å². The van der Waals surface area contributed by atoms with Crippen LogP contribution in [-0.4, -0.2) is 5.91 Å². The van der Waals surface area contributed by atoms with Crippen molar-refractivity contribution in [3.63, 3.8) is 0 Å². The van der Waals surface area contributed by atoms with Crippen LogP contribution in [0, 0.1) is 31.1 Å². The number of amides is 1. The Morgan fingerprint density at radius 2 is 1.90 bits per heavy atom. The zero-order valence-electron chi connectivity index (χ0n) is 13.4. The quantitative estimate of drug-likeness (QED) is 0.807. The molecule has 0 aliphatic heterocycles. The average Bonchev–Trinajstić information content (AvgIpc) is 2.84. The van der Waals surface area contributed by atoms with Crippen molar-refractivity contribution in [1.82, 2.24) is 0 Å². The van der Waals surface area contributed by atoms with Crippen LogP contribution in [0.4, 0.5) is 5.69 Å². The van der Waals surface area contributed by atoms with Crippen LogP contribution in [0.25, 0.3) is 0 Å². The first kappa shape index (κ1) is 14.8. The van der Waals surface area contributed by atoms with E-state index in [4.69, 9.17) is 0 Å². The van der Waals surface area contributed by atoms with E-state index in [9.17, 15) is 4.79 Å². The third-order valence-electron chi connectivity index (χ3n) is 4.36. The molecule has 1 aliphatic carbocycles. The second-order valence-electron chi connectivity index (χ2n) is 6.88. The Morgan fingerprint density at radius 3 is 2.50 bits per heavy atom. The van der Waals surface area contributed by atoms with E-state index >= 15 is 0 Å². The fourth-order valence-corrected chi connectivity index (χ4v) is 2.93. The fourth-order valence-electron chi connectivity index (χ4n) is 2.93. The van der Waals surface area contributed by atoms with E-state index < -0.39 is 0 Å². The van der Waals surface area contributed by atoms with Crippen LogP contribution in [0.1, 0.15) is 38.8 Å². The minimum atomic E-state index is 0.0685. The molecular weight excluding hydrogens is 246 g/mol. The topological polar surface area (TPSA) is 29.1 Å². The highest BCUT2D eigenvalue weighted by Gasteiger charge is 2.60. The fraction of sp³-hybridized carbons (Fsp3) is 0.500. The van der Waals surface area contributed by atoms with E-state index in [1.165, 1.54) is 11.1 Å². The molecule has 1 fully saturated rings. The Kier molecular flexibility index (Phi) is 3.77. The first-order valence-corrected chi connectivity index (χ1v) is 7.26. The molecule has 2 atom stereocenters. The summed E-state index contributed by atoms with van der Waals surface area (Å²) < 4.78 is 0. The lowest BCUT2D eigenvalue weighted by atomic mass is 10.1. The van der Waals surface area contributed by atoms with Gasteiger partial charge in [-0.2, -0.15) is 0 Å². The number of benzene rings is 1. The monoisotopic (exact) mass is 271 g/mol. The molecule has 20 heavy (non-hydrogen) atoms. The van der Waals surface area contributed by atoms with E-state index in [2.05, 4.69) is 51.2 Å². The molecule has 0 radical (unpaired) electrons. The van der Waals surface area contributed by atoms with Gasteiger partial charge in [0.1, 0.15) is 0 Å². The van der Waals surface area contributed by atoms with Gasteiger partial charge in [-0.15, -0.1) is 0 Å². The number of hydrogen-bond donors (Lipinski definition) is 1. The van der Waals surface area contributed by atoms with Crippen molar-refractivity contribution in [2.75, 3.05) is 5.32 Å². The minimum absolute atomic E-state index is 0.0685. The summed E-state index contributed by atoms with van der Waals surface area (Å²) in [5.41, 5.74) is 4.57. The third kappa shape index (κ3) is 2.79. The SMILES string of the molecule is CC(C)=CC1C(C(=O)Nc2cc(C)ccc2C)C1(C)C. The highest BCUT2D eigenvalue weighted by atomic mass is 16.2. The molecule has 1 aliphatic rings.